The van der Waals surface area contributed by atoms with Gasteiger partial charge in [-0.25, -0.2) is 4.98 Å². The molecule has 0 saturated heterocycles. The lowest BCUT2D eigenvalue weighted by Gasteiger charge is -2.07. The first-order valence-electron chi connectivity index (χ1n) is 5.65. The molecule has 0 saturated carbocycles. The molecule has 0 amide bonds. The molecule has 1 N–H and O–H groups in total. The number of aryl methyl sites for hydroxylation is 1. The second-order valence-electron chi connectivity index (χ2n) is 3.85. The molecule has 0 unspecified atom stereocenters. The quantitative estimate of drug-likeness (QED) is 0.512. The number of nitrogens with zero attached hydrogens (tertiary/aromatic N) is 3. The Labute approximate surface area is 128 Å². The lowest BCUT2D eigenvalue weighted by atomic mass is 10.4. The lowest BCUT2D eigenvalue weighted by Crippen LogP contribution is -2.04. The lowest BCUT2D eigenvalue weighted by molar-refractivity contribution is -0.389. The van der Waals surface area contributed by atoms with E-state index < -0.39 is 4.92 Å². The number of benzene rings is 1. The van der Waals surface area contributed by atoms with Gasteiger partial charge in [-0.05, 0) is 31.2 Å². The molecule has 2 aromatic rings. The van der Waals surface area contributed by atoms with E-state index in [1.807, 2.05) is 24.3 Å². The zero-order valence-electron chi connectivity index (χ0n) is 10.8. The highest BCUT2D eigenvalue weighted by Crippen LogP contribution is 2.35. The molecule has 20 heavy (non-hydrogen) atoms. The first-order valence-corrected chi connectivity index (χ1v) is 7.26. The number of hydrogen-bond acceptors (Lipinski definition) is 6. The summed E-state index contributed by atoms with van der Waals surface area (Å²) in [6.45, 7) is 1.60. The molecule has 0 aliphatic rings. The molecule has 0 atom stereocenters. The number of hydrogen-bond donors (Lipinski definition) is 1. The van der Waals surface area contributed by atoms with Gasteiger partial charge in [0.15, 0.2) is 5.03 Å². The molecular formula is C12H11BrN4O2S. The van der Waals surface area contributed by atoms with Crippen LogP contribution in [0.3, 0.4) is 0 Å². The summed E-state index contributed by atoms with van der Waals surface area (Å²) in [6.07, 6.45) is 0. The van der Waals surface area contributed by atoms with Crippen LogP contribution < -0.4 is 5.32 Å². The van der Waals surface area contributed by atoms with E-state index in [-0.39, 0.29) is 5.69 Å². The Morgan fingerprint density at radius 3 is 2.50 bits per heavy atom. The van der Waals surface area contributed by atoms with Crippen LogP contribution >= 0.6 is 27.7 Å². The first kappa shape index (κ1) is 14.7. The van der Waals surface area contributed by atoms with E-state index >= 15 is 0 Å². The summed E-state index contributed by atoms with van der Waals surface area (Å²) in [5, 5.41) is 14.3. The van der Waals surface area contributed by atoms with Crippen LogP contribution in [0.15, 0.2) is 38.7 Å². The number of aromatic nitrogens is 2. The first-order chi connectivity index (χ1) is 9.51. The van der Waals surface area contributed by atoms with Gasteiger partial charge in [-0.3, -0.25) is 10.1 Å². The van der Waals surface area contributed by atoms with Crippen molar-refractivity contribution in [3.05, 3.63) is 44.5 Å². The summed E-state index contributed by atoms with van der Waals surface area (Å²) in [7, 11) is 1.68. The normalized spacial score (nSPS) is 10.3. The average Bonchev–Trinajstić information content (AvgIpc) is 2.40. The molecule has 0 bridgehead atoms. The van der Waals surface area contributed by atoms with Crippen LogP contribution in [0.2, 0.25) is 0 Å². The molecule has 2 rings (SSSR count). The Morgan fingerprint density at radius 1 is 1.30 bits per heavy atom. The van der Waals surface area contributed by atoms with E-state index in [0.29, 0.717) is 16.7 Å². The molecule has 0 aliphatic carbocycles. The van der Waals surface area contributed by atoms with Crippen LogP contribution in [0.5, 0.6) is 0 Å². The number of nitro groups is 1. The molecule has 1 heterocycles. The van der Waals surface area contributed by atoms with Crippen LogP contribution in [0.25, 0.3) is 0 Å². The minimum absolute atomic E-state index is 0.0584. The van der Waals surface area contributed by atoms with Crippen molar-refractivity contribution in [1.82, 2.24) is 9.97 Å². The fourth-order valence-electron chi connectivity index (χ4n) is 1.55. The third kappa shape index (κ3) is 3.26. The fourth-order valence-corrected chi connectivity index (χ4v) is 2.76. The van der Waals surface area contributed by atoms with Gasteiger partial charge >= 0.3 is 5.69 Å². The van der Waals surface area contributed by atoms with E-state index in [4.69, 9.17) is 0 Å². The number of nitrogens with one attached hydrogen (secondary N) is 1. The molecule has 1 aromatic carbocycles. The fraction of sp³-hybridized carbons (Fsp3) is 0.167. The molecule has 0 spiro atoms. The monoisotopic (exact) mass is 354 g/mol. The maximum atomic E-state index is 11.2. The smallest absolute Gasteiger partial charge is 0.322 e. The Bertz CT molecular complexity index is 649. The standard InChI is InChI=1S/C12H11BrN4O2S/c1-7-10(17(18)19)11(16-12(14-2)15-7)20-9-5-3-8(13)4-6-9/h3-6H,1-2H3,(H,14,15,16). The Hall–Kier alpha value is -1.67. The summed E-state index contributed by atoms with van der Waals surface area (Å²) in [6, 6.07) is 7.49. The van der Waals surface area contributed by atoms with Gasteiger partial charge < -0.3 is 5.32 Å². The number of halogens is 1. The molecule has 8 heteroatoms. The Kier molecular flexibility index (Phi) is 4.56. The van der Waals surface area contributed by atoms with E-state index in [2.05, 4.69) is 31.2 Å². The zero-order valence-corrected chi connectivity index (χ0v) is 13.2. The molecular weight excluding hydrogens is 344 g/mol. The van der Waals surface area contributed by atoms with Crippen molar-refractivity contribution in [2.75, 3.05) is 12.4 Å². The summed E-state index contributed by atoms with van der Waals surface area (Å²) < 4.78 is 0.950. The van der Waals surface area contributed by atoms with Gasteiger partial charge in [0, 0.05) is 16.4 Å². The average molecular weight is 355 g/mol. The Balaban J connectivity index is 2.45. The number of rotatable bonds is 4. The highest BCUT2D eigenvalue weighted by Gasteiger charge is 2.22. The van der Waals surface area contributed by atoms with Gasteiger partial charge in [0.05, 0.1) is 4.92 Å². The Morgan fingerprint density at radius 2 is 1.95 bits per heavy atom. The highest BCUT2D eigenvalue weighted by molar-refractivity contribution is 9.10. The third-order valence-electron chi connectivity index (χ3n) is 2.46. The van der Waals surface area contributed by atoms with Crippen molar-refractivity contribution in [1.29, 1.82) is 0 Å². The maximum Gasteiger partial charge on any atom is 0.322 e. The highest BCUT2D eigenvalue weighted by atomic mass is 79.9. The van der Waals surface area contributed by atoms with Crippen molar-refractivity contribution in [3.8, 4) is 0 Å². The molecule has 6 nitrogen and oxygen atoms in total. The second-order valence-corrected chi connectivity index (χ2v) is 5.83. The van der Waals surface area contributed by atoms with E-state index in [0.717, 1.165) is 9.37 Å². The van der Waals surface area contributed by atoms with Crippen molar-refractivity contribution >= 4 is 39.3 Å². The molecule has 0 fully saturated rings. The second kappa shape index (κ2) is 6.19. The van der Waals surface area contributed by atoms with Gasteiger partial charge in [0.2, 0.25) is 5.95 Å². The van der Waals surface area contributed by atoms with Crippen LogP contribution in [-0.4, -0.2) is 21.9 Å². The van der Waals surface area contributed by atoms with Gasteiger partial charge in [-0.2, -0.15) is 4.98 Å². The zero-order chi connectivity index (χ0) is 14.7. The summed E-state index contributed by atoms with van der Waals surface area (Å²) in [5.74, 6) is 0.368. The molecule has 1 aromatic heterocycles. The predicted octanol–water partition coefficient (Wildman–Crippen LogP) is 3.65. The maximum absolute atomic E-state index is 11.2. The topological polar surface area (TPSA) is 81.0 Å². The van der Waals surface area contributed by atoms with E-state index in [1.54, 1.807) is 14.0 Å². The van der Waals surface area contributed by atoms with Gasteiger partial charge in [-0.15, -0.1) is 0 Å². The molecule has 104 valence electrons. The number of anilines is 1. The molecule has 0 aliphatic heterocycles. The summed E-state index contributed by atoms with van der Waals surface area (Å²) in [5.41, 5.74) is 0.283. The van der Waals surface area contributed by atoms with E-state index in [9.17, 15) is 10.1 Å². The van der Waals surface area contributed by atoms with Crippen LogP contribution in [0.1, 0.15) is 5.69 Å². The van der Waals surface area contributed by atoms with Gasteiger partial charge in [0.25, 0.3) is 0 Å². The predicted molar refractivity (Wildman–Crippen MR) is 81.2 cm³/mol. The van der Waals surface area contributed by atoms with E-state index in [1.165, 1.54) is 11.8 Å². The third-order valence-corrected chi connectivity index (χ3v) is 3.98. The van der Waals surface area contributed by atoms with Crippen molar-refractivity contribution in [3.63, 3.8) is 0 Å². The SMILES string of the molecule is CNc1nc(C)c([N+](=O)[O-])c(Sc2ccc(Br)cc2)n1. The van der Waals surface area contributed by atoms with Crippen molar-refractivity contribution in [2.45, 2.75) is 16.8 Å². The summed E-state index contributed by atoms with van der Waals surface area (Å²) >= 11 is 4.59. The van der Waals surface area contributed by atoms with Crippen LogP contribution in [-0.2, 0) is 0 Å². The summed E-state index contributed by atoms with van der Waals surface area (Å²) in [4.78, 5) is 19.8. The largest absolute Gasteiger partial charge is 0.357 e. The van der Waals surface area contributed by atoms with Crippen LogP contribution in [0.4, 0.5) is 11.6 Å². The van der Waals surface area contributed by atoms with Crippen LogP contribution in [0, 0.1) is 17.0 Å². The molecule has 0 radical (unpaired) electrons. The minimum Gasteiger partial charge on any atom is -0.357 e. The minimum atomic E-state index is -0.448. The van der Waals surface area contributed by atoms with Gasteiger partial charge in [0.1, 0.15) is 5.69 Å². The van der Waals surface area contributed by atoms with Gasteiger partial charge in [-0.1, -0.05) is 27.7 Å². The van der Waals surface area contributed by atoms with Crippen molar-refractivity contribution < 1.29 is 4.92 Å². The van der Waals surface area contributed by atoms with Crippen molar-refractivity contribution in [2.24, 2.45) is 0 Å².